The number of nitrogen functional groups attached to an aromatic ring is 1. The van der Waals surface area contributed by atoms with Gasteiger partial charge in [0.1, 0.15) is 0 Å². The summed E-state index contributed by atoms with van der Waals surface area (Å²) in [6.07, 6.45) is 0.856. The summed E-state index contributed by atoms with van der Waals surface area (Å²) in [5, 5.41) is 12.4. The van der Waals surface area contributed by atoms with Crippen molar-refractivity contribution in [2.24, 2.45) is 5.92 Å². The van der Waals surface area contributed by atoms with Gasteiger partial charge in [-0.3, -0.25) is 0 Å². The zero-order chi connectivity index (χ0) is 12.8. The molecule has 0 amide bonds. The Balaban J connectivity index is 2.77. The molecule has 0 aliphatic heterocycles. The van der Waals surface area contributed by atoms with Gasteiger partial charge in [0, 0.05) is 6.07 Å². The summed E-state index contributed by atoms with van der Waals surface area (Å²) in [5.41, 5.74) is 6.36. The number of methoxy groups -OCH3 is 1. The number of nitrogens with two attached hydrogens (primary N) is 1. The van der Waals surface area contributed by atoms with Crippen molar-refractivity contribution in [1.29, 1.82) is 0 Å². The Morgan fingerprint density at radius 3 is 2.71 bits per heavy atom. The number of aromatic nitrogens is 1. The maximum Gasteiger partial charge on any atom is 0.215 e. The zero-order valence-corrected chi connectivity index (χ0v) is 10.6. The molecule has 1 rings (SSSR count). The molecular weight excluding hydrogens is 218 g/mol. The van der Waals surface area contributed by atoms with Crippen LogP contribution in [0.25, 0.3) is 0 Å². The van der Waals surface area contributed by atoms with E-state index in [4.69, 9.17) is 10.5 Å². The number of nitrogens with one attached hydrogen (secondary N) is 1. The Labute approximate surface area is 102 Å². The smallest absolute Gasteiger partial charge is 0.215 e. The van der Waals surface area contributed by atoms with Crippen LogP contribution in [0.5, 0.6) is 5.88 Å². The average Bonchev–Trinajstić information content (AvgIpc) is 2.30. The van der Waals surface area contributed by atoms with E-state index in [9.17, 15) is 5.11 Å². The molecule has 1 unspecified atom stereocenters. The molecule has 17 heavy (non-hydrogen) atoms. The molecule has 0 aliphatic rings. The van der Waals surface area contributed by atoms with Crippen LogP contribution in [0.4, 0.5) is 11.5 Å². The van der Waals surface area contributed by atoms with E-state index < -0.39 is 0 Å². The first-order valence-corrected chi connectivity index (χ1v) is 5.74. The van der Waals surface area contributed by atoms with E-state index in [1.165, 1.54) is 0 Å². The second-order valence-electron chi connectivity index (χ2n) is 4.44. The third-order valence-electron chi connectivity index (χ3n) is 2.43. The first-order valence-electron chi connectivity index (χ1n) is 5.74. The van der Waals surface area contributed by atoms with Gasteiger partial charge in [0.2, 0.25) is 5.88 Å². The molecule has 1 aromatic heterocycles. The molecule has 1 aromatic rings. The van der Waals surface area contributed by atoms with Crippen molar-refractivity contribution in [3.63, 3.8) is 0 Å². The highest BCUT2D eigenvalue weighted by Gasteiger charge is 2.12. The van der Waals surface area contributed by atoms with Gasteiger partial charge in [-0.1, -0.05) is 13.8 Å². The van der Waals surface area contributed by atoms with Crippen LogP contribution >= 0.6 is 0 Å². The fourth-order valence-corrected chi connectivity index (χ4v) is 1.62. The molecule has 0 fully saturated rings. The fourth-order valence-electron chi connectivity index (χ4n) is 1.62. The van der Waals surface area contributed by atoms with Gasteiger partial charge in [-0.25, -0.2) is 0 Å². The summed E-state index contributed by atoms with van der Waals surface area (Å²) in [5.74, 6) is 1.55. The quantitative estimate of drug-likeness (QED) is 0.701. The Bertz CT molecular complexity index is 356. The molecule has 0 bridgehead atoms. The number of aliphatic hydroxyl groups is 1. The van der Waals surface area contributed by atoms with Gasteiger partial charge in [0.05, 0.1) is 25.4 Å². The Morgan fingerprint density at radius 2 is 2.18 bits per heavy atom. The number of anilines is 2. The topological polar surface area (TPSA) is 80.4 Å². The second kappa shape index (κ2) is 6.30. The molecule has 0 aliphatic carbocycles. The van der Waals surface area contributed by atoms with E-state index in [1.54, 1.807) is 19.2 Å². The van der Waals surface area contributed by atoms with Crippen LogP contribution < -0.4 is 15.8 Å². The third-order valence-corrected chi connectivity index (χ3v) is 2.43. The van der Waals surface area contributed by atoms with Crippen LogP contribution in [-0.2, 0) is 0 Å². The zero-order valence-electron chi connectivity index (χ0n) is 10.6. The summed E-state index contributed by atoms with van der Waals surface area (Å²) in [4.78, 5) is 4.22. The summed E-state index contributed by atoms with van der Waals surface area (Å²) in [6.45, 7) is 4.26. The summed E-state index contributed by atoms with van der Waals surface area (Å²) in [6, 6.07) is 3.39. The van der Waals surface area contributed by atoms with Crippen LogP contribution in [0.3, 0.4) is 0 Å². The molecule has 0 radical (unpaired) electrons. The van der Waals surface area contributed by atoms with Crippen molar-refractivity contribution in [1.82, 2.24) is 4.98 Å². The molecule has 5 nitrogen and oxygen atoms in total. The van der Waals surface area contributed by atoms with Gasteiger partial charge >= 0.3 is 0 Å². The van der Waals surface area contributed by atoms with E-state index in [1.807, 2.05) is 0 Å². The van der Waals surface area contributed by atoms with E-state index in [2.05, 4.69) is 24.1 Å². The van der Waals surface area contributed by atoms with Crippen molar-refractivity contribution in [3.05, 3.63) is 12.1 Å². The third kappa shape index (κ3) is 4.11. The number of pyridine rings is 1. The predicted molar refractivity (Wildman–Crippen MR) is 69.2 cm³/mol. The number of aliphatic hydroxyl groups excluding tert-OH is 1. The van der Waals surface area contributed by atoms with E-state index in [0.717, 1.165) is 6.42 Å². The lowest BCUT2D eigenvalue weighted by Crippen LogP contribution is -2.26. The van der Waals surface area contributed by atoms with Gasteiger partial charge < -0.3 is 20.9 Å². The number of rotatable bonds is 6. The SMILES string of the molecule is COc1ccc(N)c(NC(CO)CC(C)C)n1. The van der Waals surface area contributed by atoms with E-state index >= 15 is 0 Å². The van der Waals surface area contributed by atoms with Crippen LogP contribution in [0.2, 0.25) is 0 Å². The maximum atomic E-state index is 9.29. The summed E-state index contributed by atoms with van der Waals surface area (Å²) < 4.78 is 5.04. The lowest BCUT2D eigenvalue weighted by Gasteiger charge is -2.20. The molecule has 0 aromatic carbocycles. The molecule has 4 N–H and O–H groups in total. The van der Waals surface area contributed by atoms with Crippen LogP contribution in [-0.4, -0.2) is 29.8 Å². The lowest BCUT2D eigenvalue weighted by molar-refractivity contribution is 0.259. The van der Waals surface area contributed by atoms with Crippen molar-refractivity contribution in [3.8, 4) is 5.88 Å². The van der Waals surface area contributed by atoms with Crippen LogP contribution in [0.15, 0.2) is 12.1 Å². The Hall–Kier alpha value is -1.49. The molecule has 0 spiro atoms. The minimum atomic E-state index is -0.0445. The van der Waals surface area contributed by atoms with Crippen molar-refractivity contribution in [2.45, 2.75) is 26.3 Å². The molecular formula is C12H21N3O2. The van der Waals surface area contributed by atoms with Gasteiger partial charge in [-0.15, -0.1) is 0 Å². The van der Waals surface area contributed by atoms with Gasteiger partial charge in [0.15, 0.2) is 5.82 Å². The first-order chi connectivity index (χ1) is 8.06. The second-order valence-corrected chi connectivity index (χ2v) is 4.44. The monoisotopic (exact) mass is 239 g/mol. The molecule has 0 saturated carbocycles. The minimum absolute atomic E-state index is 0.0445. The lowest BCUT2D eigenvalue weighted by atomic mass is 10.0. The number of nitrogens with zero attached hydrogens (tertiary/aromatic N) is 1. The predicted octanol–water partition coefficient (Wildman–Crippen LogP) is 1.49. The number of hydrogen-bond acceptors (Lipinski definition) is 5. The van der Waals surface area contributed by atoms with E-state index in [-0.39, 0.29) is 12.6 Å². The van der Waals surface area contributed by atoms with E-state index in [0.29, 0.717) is 23.3 Å². The standard InChI is InChI=1S/C12H21N3O2/c1-8(2)6-9(7-16)14-12-10(13)4-5-11(15-12)17-3/h4-5,8-9,16H,6-7,13H2,1-3H3,(H,14,15). The average molecular weight is 239 g/mol. The first kappa shape index (κ1) is 13.6. The Morgan fingerprint density at radius 1 is 1.47 bits per heavy atom. The molecule has 1 atom stereocenters. The molecule has 96 valence electrons. The highest BCUT2D eigenvalue weighted by Crippen LogP contribution is 2.21. The maximum absolute atomic E-state index is 9.29. The largest absolute Gasteiger partial charge is 0.481 e. The van der Waals surface area contributed by atoms with Crippen molar-refractivity contribution in [2.75, 3.05) is 24.8 Å². The Kier molecular flexibility index (Phi) is 5.03. The van der Waals surface area contributed by atoms with Crippen molar-refractivity contribution >= 4 is 11.5 Å². The normalized spacial score (nSPS) is 12.5. The van der Waals surface area contributed by atoms with Gasteiger partial charge in [0.25, 0.3) is 0 Å². The van der Waals surface area contributed by atoms with Crippen molar-refractivity contribution < 1.29 is 9.84 Å². The van der Waals surface area contributed by atoms with Crippen LogP contribution in [0, 0.1) is 5.92 Å². The van der Waals surface area contributed by atoms with Gasteiger partial charge in [-0.2, -0.15) is 4.98 Å². The number of ether oxygens (including phenoxy) is 1. The highest BCUT2D eigenvalue weighted by molar-refractivity contribution is 5.62. The highest BCUT2D eigenvalue weighted by atomic mass is 16.5. The summed E-state index contributed by atoms with van der Waals surface area (Å²) >= 11 is 0. The fraction of sp³-hybridized carbons (Fsp3) is 0.583. The molecule has 1 heterocycles. The number of hydrogen-bond donors (Lipinski definition) is 3. The van der Waals surface area contributed by atoms with Crippen LogP contribution in [0.1, 0.15) is 20.3 Å². The summed E-state index contributed by atoms with van der Waals surface area (Å²) in [7, 11) is 1.56. The molecule has 0 saturated heterocycles. The molecule has 5 heteroatoms. The van der Waals surface area contributed by atoms with Gasteiger partial charge in [-0.05, 0) is 18.4 Å². The minimum Gasteiger partial charge on any atom is -0.481 e.